The number of thiazole rings is 1. The Balaban J connectivity index is 1.58. The second kappa shape index (κ2) is 13.4. The smallest absolute Gasteiger partial charge is 0.477 e. The van der Waals surface area contributed by atoms with E-state index in [1.807, 2.05) is 38.1 Å². The third-order valence-corrected chi connectivity index (χ3v) is 10.2. The molecule has 0 radical (unpaired) electrons. The Morgan fingerprint density at radius 1 is 1.09 bits per heavy atom. The van der Waals surface area contributed by atoms with Crippen molar-refractivity contribution in [1.29, 1.82) is 0 Å². The number of sulfonamides is 1. The highest BCUT2D eigenvalue weighted by Gasteiger charge is 2.41. The number of carbonyl (C=O) groups excluding carboxylic acids is 1. The Morgan fingerprint density at radius 2 is 1.73 bits per heavy atom. The number of carbonyl (C=O) groups is 2. The predicted octanol–water partition coefficient (Wildman–Crippen LogP) is 4.09. The third kappa shape index (κ3) is 7.60. The fourth-order valence-electron chi connectivity index (χ4n) is 4.83. The van der Waals surface area contributed by atoms with Crippen LogP contribution in [0.3, 0.4) is 0 Å². The number of nitrogens with one attached hydrogen (secondary N) is 1. The van der Waals surface area contributed by atoms with Crippen LogP contribution in [0, 0.1) is 6.92 Å². The number of benzene rings is 2. The summed E-state index contributed by atoms with van der Waals surface area (Å²) in [6.07, 6.45) is -4.94. The first kappa shape index (κ1) is 33.0. The molecule has 0 unspecified atom stereocenters. The number of nitrogens with zero attached hydrogens (tertiary/aromatic N) is 4. The summed E-state index contributed by atoms with van der Waals surface area (Å²) in [6.45, 7) is 7.22. The molecule has 16 heteroatoms. The average Bonchev–Trinajstić information content (AvgIpc) is 3.38. The SMILES string of the molecule is CCN(CC)c1ccc(CNC(=O)[C@H]2CN(c3nc(C)c(C(=O)O)s3)CCN2S(=O)(=O)c2ccc(OC(F)(F)F)cc2)cc1. The summed E-state index contributed by atoms with van der Waals surface area (Å²) < 4.78 is 70.0. The molecule has 1 aliphatic rings. The van der Waals surface area contributed by atoms with Gasteiger partial charge in [0.2, 0.25) is 15.9 Å². The highest BCUT2D eigenvalue weighted by atomic mass is 32.2. The van der Waals surface area contributed by atoms with Crippen molar-refractivity contribution in [2.75, 3.05) is 42.5 Å². The lowest BCUT2D eigenvalue weighted by atomic mass is 10.1. The van der Waals surface area contributed by atoms with E-state index in [4.69, 9.17) is 0 Å². The fraction of sp³-hybridized carbons (Fsp3) is 0.393. The first-order valence-corrected chi connectivity index (χ1v) is 15.9. The van der Waals surface area contributed by atoms with E-state index < -0.39 is 40.1 Å². The molecule has 44 heavy (non-hydrogen) atoms. The normalized spacial score (nSPS) is 16.0. The summed E-state index contributed by atoms with van der Waals surface area (Å²) in [5, 5.41) is 12.6. The lowest BCUT2D eigenvalue weighted by Crippen LogP contribution is -2.60. The van der Waals surface area contributed by atoms with Gasteiger partial charge in [-0.1, -0.05) is 23.5 Å². The van der Waals surface area contributed by atoms with Gasteiger partial charge in [-0.3, -0.25) is 4.79 Å². The molecular formula is C28H32F3N5O6S2. The summed E-state index contributed by atoms with van der Waals surface area (Å²) in [6, 6.07) is 10.1. The van der Waals surface area contributed by atoms with E-state index in [1.54, 1.807) is 11.8 Å². The van der Waals surface area contributed by atoms with Crippen LogP contribution in [0.4, 0.5) is 24.0 Å². The van der Waals surface area contributed by atoms with Crippen LogP contribution < -0.4 is 19.9 Å². The van der Waals surface area contributed by atoms with E-state index in [0.29, 0.717) is 10.8 Å². The largest absolute Gasteiger partial charge is 0.573 e. The zero-order chi connectivity index (χ0) is 32.2. The van der Waals surface area contributed by atoms with Crippen molar-refractivity contribution in [3.8, 4) is 5.75 Å². The van der Waals surface area contributed by atoms with Crippen LogP contribution >= 0.6 is 11.3 Å². The van der Waals surface area contributed by atoms with Gasteiger partial charge in [0.15, 0.2) is 5.13 Å². The Hall–Kier alpha value is -3.89. The molecule has 3 aromatic rings. The van der Waals surface area contributed by atoms with E-state index in [9.17, 15) is 36.3 Å². The van der Waals surface area contributed by atoms with Crippen LogP contribution in [0.5, 0.6) is 5.75 Å². The second-order valence-electron chi connectivity index (χ2n) is 9.87. The Morgan fingerprint density at radius 3 is 2.27 bits per heavy atom. The van der Waals surface area contributed by atoms with Gasteiger partial charge < -0.3 is 25.0 Å². The van der Waals surface area contributed by atoms with Crippen molar-refractivity contribution in [3.05, 3.63) is 64.7 Å². The molecule has 238 valence electrons. The van der Waals surface area contributed by atoms with Gasteiger partial charge in [-0.2, -0.15) is 4.31 Å². The third-order valence-electron chi connectivity index (χ3n) is 7.08. The molecule has 2 heterocycles. The van der Waals surface area contributed by atoms with Crippen molar-refractivity contribution >= 4 is 44.1 Å². The summed E-state index contributed by atoms with van der Waals surface area (Å²) in [5.74, 6) is -2.34. The van der Waals surface area contributed by atoms with Gasteiger partial charge >= 0.3 is 12.3 Å². The monoisotopic (exact) mass is 655 g/mol. The number of carboxylic acid groups (broad SMARTS) is 1. The van der Waals surface area contributed by atoms with Gasteiger partial charge in [0.05, 0.1) is 10.6 Å². The Labute approximate surface area is 256 Å². The van der Waals surface area contributed by atoms with Gasteiger partial charge in [0, 0.05) is 45.0 Å². The van der Waals surface area contributed by atoms with E-state index >= 15 is 0 Å². The highest BCUT2D eigenvalue weighted by Crippen LogP contribution is 2.31. The molecule has 2 N–H and O–H groups in total. The number of hydrogen-bond donors (Lipinski definition) is 2. The summed E-state index contributed by atoms with van der Waals surface area (Å²) in [5.41, 5.74) is 2.11. The second-order valence-corrected chi connectivity index (χ2v) is 12.7. The number of aromatic nitrogens is 1. The molecule has 2 aromatic carbocycles. The van der Waals surface area contributed by atoms with Crippen LogP contribution in [0.1, 0.15) is 34.8 Å². The quantitative estimate of drug-likeness (QED) is 0.314. The number of aromatic carboxylic acids is 1. The molecule has 1 fully saturated rings. The number of halogens is 3. The Kier molecular flexibility index (Phi) is 10.1. The van der Waals surface area contributed by atoms with Crippen LogP contribution in [0.2, 0.25) is 0 Å². The minimum absolute atomic E-state index is 0.0328. The molecule has 1 saturated heterocycles. The summed E-state index contributed by atoms with van der Waals surface area (Å²) >= 11 is 0.922. The van der Waals surface area contributed by atoms with Crippen molar-refractivity contribution in [2.45, 2.75) is 44.6 Å². The Bertz CT molecular complexity index is 1580. The number of amides is 1. The molecule has 1 atom stereocenters. The molecule has 0 saturated carbocycles. The molecule has 4 rings (SSSR count). The summed E-state index contributed by atoms with van der Waals surface area (Å²) in [4.78, 5) is 33.0. The summed E-state index contributed by atoms with van der Waals surface area (Å²) in [7, 11) is -4.35. The average molecular weight is 656 g/mol. The predicted molar refractivity (Wildman–Crippen MR) is 159 cm³/mol. The van der Waals surface area contributed by atoms with Crippen LogP contribution in [-0.2, 0) is 21.4 Å². The minimum Gasteiger partial charge on any atom is -0.477 e. The van der Waals surface area contributed by atoms with E-state index in [2.05, 4.69) is 19.9 Å². The van der Waals surface area contributed by atoms with Gasteiger partial charge in [0.25, 0.3) is 0 Å². The number of ether oxygens (including phenoxy) is 1. The standard InChI is InChI=1S/C28H32F3N5O6S2/c1-4-34(5-2)20-8-6-19(7-9-20)16-32-25(37)23-17-35(27-33-18(3)24(43-27)26(38)39)14-15-36(23)44(40,41)22-12-10-21(11-13-22)42-28(29,30)31/h6-13,23H,4-5,14-17H2,1-3H3,(H,32,37)(H,38,39)/t23-/m1/s1. The lowest BCUT2D eigenvalue weighted by molar-refractivity contribution is -0.274. The number of aryl methyl sites for hydroxylation is 1. The van der Waals surface area contributed by atoms with E-state index in [-0.39, 0.29) is 36.0 Å². The number of hydrogen-bond acceptors (Lipinski definition) is 9. The highest BCUT2D eigenvalue weighted by molar-refractivity contribution is 7.89. The maximum Gasteiger partial charge on any atom is 0.573 e. The van der Waals surface area contributed by atoms with E-state index in [1.165, 1.54) is 0 Å². The number of rotatable bonds is 11. The van der Waals surface area contributed by atoms with Crippen molar-refractivity contribution in [2.24, 2.45) is 0 Å². The zero-order valence-electron chi connectivity index (χ0n) is 24.2. The van der Waals surface area contributed by atoms with Crippen LogP contribution in [0.15, 0.2) is 53.4 Å². The molecule has 11 nitrogen and oxygen atoms in total. The molecule has 0 bridgehead atoms. The van der Waals surface area contributed by atoms with Gasteiger partial charge in [0.1, 0.15) is 16.7 Å². The lowest BCUT2D eigenvalue weighted by Gasteiger charge is -2.39. The topological polar surface area (TPSA) is 132 Å². The molecule has 1 aromatic heterocycles. The fourth-order valence-corrected chi connectivity index (χ4v) is 7.34. The van der Waals surface area contributed by atoms with Crippen LogP contribution in [0.25, 0.3) is 0 Å². The maximum absolute atomic E-state index is 13.7. The van der Waals surface area contributed by atoms with Crippen molar-refractivity contribution in [1.82, 2.24) is 14.6 Å². The van der Waals surface area contributed by atoms with Crippen molar-refractivity contribution < 1.29 is 41.0 Å². The number of anilines is 2. The van der Waals surface area contributed by atoms with Crippen LogP contribution in [-0.4, -0.2) is 79.8 Å². The molecular weight excluding hydrogens is 623 g/mol. The first-order chi connectivity index (χ1) is 20.7. The molecule has 1 aliphatic heterocycles. The van der Waals surface area contributed by atoms with Gasteiger partial charge in [-0.15, -0.1) is 13.2 Å². The molecule has 0 spiro atoms. The van der Waals surface area contributed by atoms with Gasteiger partial charge in [-0.05, 0) is 62.7 Å². The number of piperazine rings is 1. The maximum atomic E-state index is 13.7. The molecule has 0 aliphatic carbocycles. The number of carboxylic acids is 1. The zero-order valence-corrected chi connectivity index (χ0v) is 25.8. The minimum atomic E-state index is -4.94. The molecule has 1 amide bonds. The first-order valence-electron chi connectivity index (χ1n) is 13.7. The number of alkyl halides is 3. The van der Waals surface area contributed by atoms with Crippen molar-refractivity contribution in [3.63, 3.8) is 0 Å². The van der Waals surface area contributed by atoms with E-state index in [0.717, 1.165) is 64.2 Å². The van der Waals surface area contributed by atoms with Gasteiger partial charge in [-0.25, -0.2) is 18.2 Å².